The number of likely N-dealkylation sites (N-methyl/N-ethyl adjacent to an activating group) is 1. The first kappa shape index (κ1) is 101. The maximum absolute atomic E-state index is 12.9. The van der Waals surface area contributed by atoms with Crippen LogP contribution in [-0.4, -0.2) is 70.0 Å². The number of hydrogen-bond acceptors (Lipinski definition) is 8. The van der Waals surface area contributed by atoms with Crippen molar-refractivity contribution in [3.05, 3.63) is 72.9 Å². The van der Waals surface area contributed by atoms with Crippen LogP contribution in [0.2, 0.25) is 0 Å². The lowest BCUT2D eigenvalue weighted by Crippen LogP contribution is -2.37. The van der Waals surface area contributed by atoms with E-state index in [2.05, 4.69) is 86.8 Å². The van der Waals surface area contributed by atoms with Crippen molar-refractivity contribution in [2.45, 2.75) is 469 Å². The molecule has 9 nitrogen and oxygen atoms in total. The van der Waals surface area contributed by atoms with Gasteiger partial charge in [0, 0.05) is 12.8 Å². The van der Waals surface area contributed by atoms with E-state index in [4.69, 9.17) is 18.5 Å². The maximum Gasteiger partial charge on any atom is 0.306 e. The van der Waals surface area contributed by atoms with Crippen molar-refractivity contribution in [3.8, 4) is 0 Å². The number of allylic oxidation sites excluding steroid dienone is 12. The average Bonchev–Trinajstić information content (AvgIpc) is 0.920. The first-order valence-electron chi connectivity index (χ1n) is 45.6. The summed E-state index contributed by atoms with van der Waals surface area (Å²) in [5, 5.41) is 0. The zero-order valence-corrected chi connectivity index (χ0v) is 70.9. The van der Waals surface area contributed by atoms with Crippen LogP contribution in [0.3, 0.4) is 0 Å². The number of hydrogen-bond donors (Lipinski definition) is 0. The molecule has 0 aliphatic heterocycles. The Balaban J connectivity index is 3.83. The minimum Gasteiger partial charge on any atom is -0.756 e. The molecule has 0 radical (unpaired) electrons. The molecule has 0 aliphatic rings. The summed E-state index contributed by atoms with van der Waals surface area (Å²) < 4.78 is 34.5. The molecule has 0 bridgehead atoms. The number of carbonyl (C=O) groups excluding carboxylic acids is 2. The molecule has 0 saturated carbocycles. The Kier molecular flexibility index (Phi) is 82.4. The molecular formula is C94H176NO8P. The fraction of sp³-hybridized carbons (Fsp3) is 0.851. The average molecular weight is 1480 g/mol. The summed E-state index contributed by atoms with van der Waals surface area (Å²) in [5.74, 6) is -0.806. The van der Waals surface area contributed by atoms with E-state index in [1.165, 1.54) is 366 Å². The number of quaternary nitrogens is 1. The molecule has 0 aromatic carbocycles. The van der Waals surface area contributed by atoms with Gasteiger partial charge in [0.15, 0.2) is 6.10 Å². The van der Waals surface area contributed by atoms with Gasteiger partial charge in [-0.05, 0) is 83.5 Å². The molecule has 0 amide bonds. The SMILES string of the molecule is CC/C=C\C/C=C\C/C=C\C/C=C\C/C=C\CCCCCCCCCCCCCCCCCCCCCCCCCCCC(=O)OC(COC(=O)CCCCCCCCCCCCCCCCCCCCCCCCCCCCC/C=C\CCCCCCCCCC)COP(=O)([O-])OCC[N+](C)(C)C. The van der Waals surface area contributed by atoms with Crippen LogP contribution in [0.5, 0.6) is 0 Å². The van der Waals surface area contributed by atoms with Gasteiger partial charge in [-0.2, -0.15) is 0 Å². The summed E-state index contributed by atoms with van der Waals surface area (Å²) in [6.45, 7) is 4.21. The number of phosphoric ester groups is 1. The Labute approximate surface area is 648 Å². The highest BCUT2D eigenvalue weighted by Crippen LogP contribution is 2.38. The van der Waals surface area contributed by atoms with E-state index in [-0.39, 0.29) is 32.0 Å². The van der Waals surface area contributed by atoms with E-state index in [0.717, 1.165) is 64.2 Å². The Morgan fingerprint density at radius 1 is 0.308 bits per heavy atom. The minimum atomic E-state index is -4.65. The highest BCUT2D eigenvalue weighted by atomic mass is 31.2. The number of nitrogens with zero attached hydrogens (tertiary/aromatic N) is 1. The van der Waals surface area contributed by atoms with Crippen LogP contribution >= 0.6 is 7.82 Å². The standard InChI is InChI=1S/C94H176NO8P/c1-6-8-10-12-14-16-18-20-22-24-26-28-30-32-34-36-38-40-42-44-46-47-49-51-53-55-57-59-61-63-65-67-69-71-73-75-77-79-81-83-85-87-94(97)103-92(91-102-104(98,99)101-89-88-95(3,4)5)90-100-93(96)86-84-82-80-78-76-74-72-70-68-66-64-62-60-58-56-54-52-50-48-45-43-41-39-37-35-33-31-29-27-25-23-21-19-17-15-13-11-9-7-2/h8,10,14,16,20,22,25-28,32,34,92H,6-7,9,11-13,15,17-19,21,23-24,29-31,33,35-91H2,1-5H3/b10-8-,16-14-,22-20-,27-25-,28-26-,34-32-. The quantitative estimate of drug-likeness (QED) is 0.0195. The fourth-order valence-electron chi connectivity index (χ4n) is 13.8. The van der Waals surface area contributed by atoms with Gasteiger partial charge in [-0.25, -0.2) is 0 Å². The minimum absolute atomic E-state index is 0.0280. The fourth-order valence-corrected chi connectivity index (χ4v) is 14.5. The van der Waals surface area contributed by atoms with Gasteiger partial charge in [-0.1, -0.05) is 440 Å². The molecule has 0 saturated heterocycles. The second-order valence-corrected chi connectivity index (χ2v) is 33.7. The third-order valence-corrected chi connectivity index (χ3v) is 21.7. The Hall–Kier alpha value is -2.55. The Morgan fingerprint density at radius 2 is 0.548 bits per heavy atom. The number of rotatable bonds is 86. The molecule has 2 atom stereocenters. The molecule has 0 spiro atoms. The van der Waals surface area contributed by atoms with Gasteiger partial charge in [0.25, 0.3) is 7.82 Å². The van der Waals surface area contributed by atoms with Gasteiger partial charge < -0.3 is 27.9 Å². The predicted molar refractivity (Wildman–Crippen MR) is 453 cm³/mol. The van der Waals surface area contributed by atoms with Gasteiger partial charge in [-0.15, -0.1) is 0 Å². The van der Waals surface area contributed by atoms with Crippen molar-refractivity contribution >= 4 is 19.8 Å². The smallest absolute Gasteiger partial charge is 0.306 e. The van der Waals surface area contributed by atoms with Crippen LogP contribution in [-0.2, 0) is 32.7 Å². The Morgan fingerprint density at radius 3 is 0.827 bits per heavy atom. The summed E-state index contributed by atoms with van der Waals surface area (Å²) in [7, 11) is 1.19. The number of ether oxygens (including phenoxy) is 2. The third kappa shape index (κ3) is 88.4. The lowest BCUT2D eigenvalue weighted by Gasteiger charge is -2.28. The van der Waals surface area contributed by atoms with Crippen molar-refractivity contribution in [3.63, 3.8) is 0 Å². The molecule has 0 aromatic rings. The van der Waals surface area contributed by atoms with Crippen LogP contribution < -0.4 is 4.89 Å². The second-order valence-electron chi connectivity index (χ2n) is 32.3. The summed E-state index contributed by atoms with van der Waals surface area (Å²) >= 11 is 0. The van der Waals surface area contributed by atoms with Crippen molar-refractivity contribution in [1.82, 2.24) is 0 Å². The molecule has 0 fully saturated rings. The van der Waals surface area contributed by atoms with Gasteiger partial charge in [0.2, 0.25) is 0 Å². The highest BCUT2D eigenvalue weighted by Gasteiger charge is 2.22. The van der Waals surface area contributed by atoms with Crippen molar-refractivity contribution < 1.29 is 42.1 Å². The zero-order chi connectivity index (χ0) is 75.4. The Bertz CT molecular complexity index is 1990. The monoisotopic (exact) mass is 1480 g/mol. The normalized spacial score (nSPS) is 13.2. The topological polar surface area (TPSA) is 111 Å². The number of carbonyl (C=O) groups is 2. The largest absolute Gasteiger partial charge is 0.756 e. The molecule has 0 N–H and O–H groups in total. The predicted octanol–water partition coefficient (Wildman–Crippen LogP) is 30.3. The van der Waals surface area contributed by atoms with Crippen molar-refractivity contribution in [2.24, 2.45) is 0 Å². The zero-order valence-electron chi connectivity index (χ0n) is 70.0. The van der Waals surface area contributed by atoms with E-state index >= 15 is 0 Å². The molecule has 610 valence electrons. The van der Waals surface area contributed by atoms with Crippen LogP contribution in [0.25, 0.3) is 0 Å². The molecule has 0 aromatic heterocycles. The van der Waals surface area contributed by atoms with Crippen LogP contribution in [0.15, 0.2) is 72.9 Å². The van der Waals surface area contributed by atoms with E-state index in [9.17, 15) is 19.0 Å². The van der Waals surface area contributed by atoms with Crippen LogP contribution in [0.1, 0.15) is 463 Å². The summed E-state index contributed by atoms with van der Waals surface area (Å²) in [4.78, 5) is 38.3. The number of unbranched alkanes of at least 4 members (excludes halogenated alkanes) is 60. The molecule has 10 heteroatoms. The molecule has 0 heterocycles. The van der Waals surface area contributed by atoms with Crippen LogP contribution in [0, 0.1) is 0 Å². The van der Waals surface area contributed by atoms with Gasteiger partial charge in [-0.3, -0.25) is 14.2 Å². The summed E-state index contributed by atoms with van der Waals surface area (Å²) in [6, 6.07) is 0. The van der Waals surface area contributed by atoms with E-state index in [1.54, 1.807) is 0 Å². The molecule has 104 heavy (non-hydrogen) atoms. The second kappa shape index (κ2) is 84.5. The third-order valence-electron chi connectivity index (χ3n) is 20.7. The van der Waals surface area contributed by atoms with Crippen LogP contribution in [0.4, 0.5) is 0 Å². The van der Waals surface area contributed by atoms with Gasteiger partial charge >= 0.3 is 11.9 Å². The lowest BCUT2D eigenvalue weighted by molar-refractivity contribution is -0.870. The van der Waals surface area contributed by atoms with E-state index in [1.807, 2.05) is 21.1 Å². The molecule has 0 rings (SSSR count). The summed E-state index contributed by atoms with van der Waals surface area (Å²) in [6.07, 6.45) is 117. The van der Waals surface area contributed by atoms with E-state index in [0.29, 0.717) is 17.4 Å². The van der Waals surface area contributed by atoms with Gasteiger partial charge in [0.1, 0.15) is 19.8 Å². The van der Waals surface area contributed by atoms with E-state index < -0.39 is 26.5 Å². The molecular weight excluding hydrogens is 1300 g/mol. The van der Waals surface area contributed by atoms with Gasteiger partial charge in [0.05, 0.1) is 27.7 Å². The highest BCUT2D eigenvalue weighted by molar-refractivity contribution is 7.45. The molecule has 2 unspecified atom stereocenters. The first-order chi connectivity index (χ1) is 51.0. The maximum atomic E-state index is 12.9. The van der Waals surface area contributed by atoms with Crippen molar-refractivity contribution in [2.75, 3.05) is 47.5 Å². The number of esters is 2. The summed E-state index contributed by atoms with van der Waals surface area (Å²) in [5.41, 5.74) is 0. The number of phosphoric acid groups is 1. The first-order valence-corrected chi connectivity index (χ1v) is 47.1. The lowest BCUT2D eigenvalue weighted by atomic mass is 10.0. The molecule has 0 aliphatic carbocycles. The van der Waals surface area contributed by atoms with Crippen molar-refractivity contribution in [1.29, 1.82) is 0 Å².